The van der Waals surface area contributed by atoms with E-state index in [-0.39, 0.29) is 5.97 Å². The second-order valence-corrected chi connectivity index (χ2v) is 6.78. The van der Waals surface area contributed by atoms with E-state index in [1.807, 2.05) is 55.5 Å². The van der Waals surface area contributed by atoms with Gasteiger partial charge < -0.3 is 9.47 Å². The minimum atomic E-state index is -0.320. The van der Waals surface area contributed by atoms with Gasteiger partial charge in [-0.3, -0.25) is 4.98 Å². The Kier molecular flexibility index (Phi) is 6.80. The largest absolute Gasteiger partial charge is 0.488 e. The summed E-state index contributed by atoms with van der Waals surface area (Å²) in [6.45, 7) is 6.62. The van der Waals surface area contributed by atoms with Gasteiger partial charge in [0.05, 0.1) is 12.3 Å². The van der Waals surface area contributed by atoms with Crippen LogP contribution < -0.4 is 4.74 Å². The minimum absolute atomic E-state index is 0.320. The van der Waals surface area contributed by atoms with Crippen LogP contribution in [0.1, 0.15) is 26.3 Å². The van der Waals surface area contributed by atoms with Gasteiger partial charge in [0.15, 0.2) is 0 Å². The lowest BCUT2D eigenvalue weighted by Crippen LogP contribution is -2.08. The van der Waals surface area contributed by atoms with E-state index in [0.29, 0.717) is 13.2 Å². The van der Waals surface area contributed by atoms with Gasteiger partial charge >= 0.3 is 5.97 Å². The fourth-order valence-electron chi connectivity index (χ4n) is 2.97. The zero-order chi connectivity index (χ0) is 20.6. The standard InChI is InChI=1S/C25H25NO3/c1-4-28-25(27)14-18(2)8-7-9-19(3)22-16-21-15-20(11-12-24(21)29-17-22)23-10-5-6-13-26-23/h5-16H,4,17H2,1-3H3. The number of esters is 1. The summed E-state index contributed by atoms with van der Waals surface area (Å²) >= 11 is 0. The lowest BCUT2D eigenvalue weighted by Gasteiger charge is -2.19. The molecule has 0 bridgehead atoms. The average Bonchev–Trinajstić information content (AvgIpc) is 2.73. The van der Waals surface area contributed by atoms with Gasteiger partial charge in [0, 0.05) is 23.4 Å². The zero-order valence-electron chi connectivity index (χ0n) is 17.0. The maximum absolute atomic E-state index is 11.5. The molecule has 3 rings (SSSR count). The fourth-order valence-corrected chi connectivity index (χ4v) is 2.97. The Morgan fingerprint density at radius 3 is 2.86 bits per heavy atom. The van der Waals surface area contributed by atoms with Crippen LogP contribution in [0.4, 0.5) is 0 Å². The van der Waals surface area contributed by atoms with Crippen molar-refractivity contribution in [2.45, 2.75) is 20.8 Å². The number of ether oxygens (including phenoxy) is 2. The molecular formula is C25H25NO3. The summed E-state index contributed by atoms with van der Waals surface area (Å²) in [4.78, 5) is 15.9. The molecule has 4 nitrogen and oxygen atoms in total. The number of pyridine rings is 1. The number of nitrogens with zero attached hydrogens (tertiary/aromatic N) is 1. The normalized spacial score (nSPS) is 14.2. The molecular weight excluding hydrogens is 362 g/mol. The van der Waals surface area contributed by atoms with Crippen molar-refractivity contribution in [3.8, 4) is 17.0 Å². The van der Waals surface area contributed by atoms with E-state index >= 15 is 0 Å². The Bertz CT molecular complexity index is 998. The number of aromatic nitrogens is 1. The van der Waals surface area contributed by atoms with Crippen LogP contribution in [0.15, 0.2) is 83.6 Å². The molecule has 148 valence electrons. The van der Waals surface area contributed by atoms with Crippen LogP contribution in [-0.2, 0) is 9.53 Å². The van der Waals surface area contributed by atoms with E-state index in [4.69, 9.17) is 9.47 Å². The Balaban J connectivity index is 1.77. The molecule has 0 radical (unpaired) electrons. The summed E-state index contributed by atoms with van der Waals surface area (Å²) < 4.78 is 10.8. The molecule has 2 heterocycles. The van der Waals surface area contributed by atoms with Gasteiger partial charge in [-0.05, 0) is 73.9 Å². The molecule has 1 aromatic carbocycles. The Morgan fingerprint density at radius 2 is 2.10 bits per heavy atom. The molecule has 29 heavy (non-hydrogen) atoms. The quantitative estimate of drug-likeness (QED) is 0.371. The first-order chi connectivity index (χ1) is 14.1. The van der Waals surface area contributed by atoms with Crippen LogP contribution in [0.3, 0.4) is 0 Å². The summed E-state index contributed by atoms with van der Waals surface area (Å²) in [6.07, 6.45) is 11.3. The molecule has 0 N–H and O–H groups in total. The van der Waals surface area contributed by atoms with Gasteiger partial charge in [0.1, 0.15) is 12.4 Å². The smallest absolute Gasteiger partial charge is 0.330 e. The second kappa shape index (κ2) is 9.69. The predicted molar refractivity (Wildman–Crippen MR) is 116 cm³/mol. The Labute approximate surface area is 171 Å². The molecule has 0 aliphatic carbocycles. The van der Waals surface area contributed by atoms with Gasteiger partial charge in [-0.1, -0.05) is 24.3 Å². The van der Waals surface area contributed by atoms with E-state index in [9.17, 15) is 4.79 Å². The van der Waals surface area contributed by atoms with Crippen molar-refractivity contribution in [1.29, 1.82) is 0 Å². The van der Waals surface area contributed by atoms with Crippen LogP contribution in [0.25, 0.3) is 17.3 Å². The van der Waals surface area contributed by atoms with Crippen molar-refractivity contribution in [2.75, 3.05) is 13.2 Å². The van der Waals surface area contributed by atoms with Crippen molar-refractivity contribution in [3.05, 3.63) is 89.2 Å². The van der Waals surface area contributed by atoms with Crippen molar-refractivity contribution in [3.63, 3.8) is 0 Å². The Morgan fingerprint density at radius 1 is 1.24 bits per heavy atom. The molecule has 1 aliphatic rings. The molecule has 0 atom stereocenters. The van der Waals surface area contributed by atoms with E-state index in [0.717, 1.165) is 39.3 Å². The Hall–Kier alpha value is -3.40. The number of hydrogen-bond donors (Lipinski definition) is 0. The third-order valence-corrected chi connectivity index (χ3v) is 4.53. The first kappa shape index (κ1) is 20.3. The topological polar surface area (TPSA) is 48.4 Å². The van der Waals surface area contributed by atoms with Crippen LogP contribution in [0.2, 0.25) is 0 Å². The van der Waals surface area contributed by atoms with Crippen LogP contribution in [-0.4, -0.2) is 24.2 Å². The first-order valence-corrected chi connectivity index (χ1v) is 9.66. The van der Waals surface area contributed by atoms with Gasteiger partial charge in [-0.25, -0.2) is 4.79 Å². The summed E-state index contributed by atoms with van der Waals surface area (Å²) in [7, 11) is 0. The van der Waals surface area contributed by atoms with E-state index in [1.165, 1.54) is 6.08 Å². The average molecular weight is 387 g/mol. The molecule has 0 spiro atoms. The SMILES string of the molecule is CCOC(=O)C=C(C)C=CC=C(C)C1=Cc2cc(-c3ccccn3)ccc2OC1. The number of rotatable bonds is 6. The molecule has 4 heteroatoms. The minimum Gasteiger partial charge on any atom is -0.488 e. The summed E-state index contributed by atoms with van der Waals surface area (Å²) in [6, 6.07) is 12.0. The third-order valence-electron chi connectivity index (χ3n) is 4.53. The van der Waals surface area contributed by atoms with Gasteiger partial charge in [0.2, 0.25) is 0 Å². The third kappa shape index (κ3) is 5.55. The molecule has 0 amide bonds. The lowest BCUT2D eigenvalue weighted by atomic mass is 9.99. The van der Waals surface area contributed by atoms with Crippen molar-refractivity contribution in [2.24, 2.45) is 0 Å². The number of carbonyl (C=O) groups excluding carboxylic acids is 1. The highest BCUT2D eigenvalue weighted by Crippen LogP contribution is 2.32. The highest BCUT2D eigenvalue weighted by atomic mass is 16.5. The number of fused-ring (bicyclic) bond motifs is 1. The number of allylic oxidation sites excluding steroid dienone is 4. The summed E-state index contributed by atoms with van der Waals surface area (Å²) in [5.41, 5.74) is 6.12. The molecule has 2 aromatic rings. The molecule has 1 aromatic heterocycles. The fraction of sp³-hybridized carbons (Fsp3) is 0.200. The van der Waals surface area contributed by atoms with Crippen LogP contribution in [0.5, 0.6) is 5.75 Å². The van der Waals surface area contributed by atoms with E-state index < -0.39 is 0 Å². The highest BCUT2D eigenvalue weighted by molar-refractivity contribution is 5.83. The second-order valence-electron chi connectivity index (χ2n) is 6.78. The predicted octanol–water partition coefficient (Wildman–Crippen LogP) is 5.54. The zero-order valence-corrected chi connectivity index (χ0v) is 17.0. The summed E-state index contributed by atoms with van der Waals surface area (Å²) in [5, 5.41) is 0. The van der Waals surface area contributed by atoms with E-state index in [1.54, 1.807) is 13.1 Å². The molecule has 0 fully saturated rings. The maximum Gasteiger partial charge on any atom is 0.330 e. The van der Waals surface area contributed by atoms with Crippen LogP contribution >= 0.6 is 0 Å². The molecule has 1 aliphatic heterocycles. The number of carbonyl (C=O) groups is 1. The van der Waals surface area contributed by atoms with Crippen molar-refractivity contribution in [1.82, 2.24) is 4.98 Å². The number of benzene rings is 1. The first-order valence-electron chi connectivity index (χ1n) is 9.66. The van der Waals surface area contributed by atoms with Gasteiger partial charge in [-0.15, -0.1) is 0 Å². The summed E-state index contributed by atoms with van der Waals surface area (Å²) in [5.74, 6) is 0.559. The highest BCUT2D eigenvalue weighted by Gasteiger charge is 2.13. The van der Waals surface area contributed by atoms with Crippen molar-refractivity contribution >= 4 is 12.0 Å². The monoisotopic (exact) mass is 387 g/mol. The molecule has 0 unspecified atom stereocenters. The van der Waals surface area contributed by atoms with Crippen molar-refractivity contribution < 1.29 is 14.3 Å². The molecule has 0 saturated carbocycles. The van der Waals surface area contributed by atoms with Gasteiger partial charge in [-0.2, -0.15) is 0 Å². The maximum atomic E-state index is 11.5. The van der Waals surface area contributed by atoms with E-state index in [2.05, 4.69) is 24.1 Å². The van der Waals surface area contributed by atoms with Gasteiger partial charge in [0.25, 0.3) is 0 Å². The lowest BCUT2D eigenvalue weighted by molar-refractivity contribution is -0.137. The van der Waals surface area contributed by atoms with Crippen LogP contribution in [0, 0.1) is 0 Å². The number of hydrogen-bond acceptors (Lipinski definition) is 4. The molecule has 0 saturated heterocycles.